The minimum Gasteiger partial charge on any atom is -0.493 e. The molecule has 82 valence electrons. The van der Waals surface area contributed by atoms with Crippen molar-refractivity contribution in [1.82, 2.24) is 0 Å². The summed E-state index contributed by atoms with van der Waals surface area (Å²) in [7, 11) is 3.30. The third-order valence-corrected chi connectivity index (χ3v) is 2.48. The monoisotopic (exact) mass is 206 g/mol. The first-order valence-electron chi connectivity index (χ1n) is 5.14. The second-order valence-corrected chi connectivity index (χ2v) is 3.24. The van der Waals surface area contributed by atoms with Gasteiger partial charge in [0, 0.05) is 0 Å². The van der Waals surface area contributed by atoms with Crippen molar-refractivity contribution in [3.8, 4) is 11.5 Å². The molecule has 0 amide bonds. The van der Waals surface area contributed by atoms with Gasteiger partial charge in [-0.3, -0.25) is 0 Å². The van der Waals surface area contributed by atoms with E-state index in [-0.39, 0.29) is 0 Å². The molecular weight excluding hydrogens is 188 g/mol. The van der Waals surface area contributed by atoms with Gasteiger partial charge in [-0.25, -0.2) is 0 Å². The molecule has 0 aliphatic heterocycles. The number of rotatable bonds is 4. The standard InChI is InChI=1S/C13H18O2/c1-5-10(6-2)11-7-8-12(14-3)13(9-11)15-4/h5,7-9H,6H2,1-4H3. The van der Waals surface area contributed by atoms with Crippen molar-refractivity contribution in [2.75, 3.05) is 14.2 Å². The van der Waals surface area contributed by atoms with E-state index in [1.807, 2.05) is 12.1 Å². The lowest BCUT2D eigenvalue weighted by Crippen LogP contribution is -1.92. The van der Waals surface area contributed by atoms with Crippen molar-refractivity contribution in [2.45, 2.75) is 20.3 Å². The minimum atomic E-state index is 0.771. The molecule has 2 heteroatoms. The fourth-order valence-corrected chi connectivity index (χ4v) is 1.61. The summed E-state index contributed by atoms with van der Waals surface area (Å²) in [5, 5.41) is 0. The summed E-state index contributed by atoms with van der Waals surface area (Å²) in [6.45, 7) is 4.20. The molecule has 0 aliphatic carbocycles. The van der Waals surface area contributed by atoms with Gasteiger partial charge in [0.05, 0.1) is 14.2 Å². The lowest BCUT2D eigenvalue weighted by atomic mass is 10.0. The molecule has 0 spiro atoms. The molecule has 0 saturated heterocycles. The quantitative estimate of drug-likeness (QED) is 0.750. The number of allylic oxidation sites excluding steroid dienone is 2. The van der Waals surface area contributed by atoms with Crippen LogP contribution in [0.5, 0.6) is 11.5 Å². The van der Waals surface area contributed by atoms with E-state index in [4.69, 9.17) is 9.47 Å². The summed E-state index contributed by atoms with van der Waals surface area (Å²) in [5.41, 5.74) is 2.51. The van der Waals surface area contributed by atoms with Crippen LogP contribution >= 0.6 is 0 Å². The van der Waals surface area contributed by atoms with E-state index in [0.29, 0.717) is 0 Å². The van der Waals surface area contributed by atoms with Gasteiger partial charge in [-0.2, -0.15) is 0 Å². The average Bonchev–Trinajstić information content (AvgIpc) is 2.30. The van der Waals surface area contributed by atoms with Crippen LogP contribution in [0.4, 0.5) is 0 Å². The maximum absolute atomic E-state index is 5.26. The Balaban J connectivity index is 3.13. The molecule has 0 aromatic heterocycles. The largest absolute Gasteiger partial charge is 0.493 e. The van der Waals surface area contributed by atoms with Crippen LogP contribution in [-0.4, -0.2) is 14.2 Å². The molecule has 1 aromatic carbocycles. The van der Waals surface area contributed by atoms with Crippen LogP contribution in [0, 0.1) is 0 Å². The predicted molar refractivity (Wildman–Crippen MR) is 63.5 cm³/mol. The van der Waals surface area contributed by atoms with Crippen LogP contribution in [0.1, 0.15) is 25.8 Å². The summed E-state index contributed by atoms with van der Waals surface area (Å²) >= 11 is 0. The zero-order valence-electron chi connectivity index (χ0n) is 9.83. The Morgan fingerprint density at radius 1 is 1.20 bits per heavy atom. The molecule has 0 bridgehead atoms. The van der Waals surface area contributed by atoms with E-state index in [2.05, 4.69) is 26.0 Å². The van der Waals surface area contributed by atoms with Crippen LogP contribution in [-0.2, 0) is 0 Å². The van der Waals surface area contributed by atoms with Crippen LogP contribution in [0.25, 0.3) is 5.57 Å². The molecular formula is C13H18O2. The number of hydrogen-bond donors (Lipinski definition) is 0. The summed E-state index contributed by atoms with van der Waals surface area (Å²) in [4.78, 5) is 0. The van der Waals surface area contributed by atoms with Gasteiger partial charge < -0.3 is 9.47 Å². The Morgan fingerprint density at radius 3 is 2.33 bits per heavy atom. The number of benzene rings is 1. The highest BCUT2D eigenvalue weighted by Gasteiger charge is 2.05. The molecule has 0 radical (unpaired) electrons. The molecule has 0 unspecified atom stereocenters. The highest BCUT2D eigenvalue weighted by molar-refractivity contribution is 5.67. The van der Waals surface area contributed by atoms with E-state index in [1.165, 1.54) is 11.1 Å². The summed E-state index contributed by atoms with van der Waals surface area (Å²) < 4.78 is 10.5. The molecule has 2 nitrogen and oxygen atoms in total. The van der Waals surface area contributed by atoms with E-state index in [0.717, 1.165) is 17.9 Å². The van der Waals surface area contributed by atoms with Gasteiger partial charge in [-0.15, -0.1) is 0 Å². The maximum Gasteiger partial charge on any atom is 0.161 e. The number of methoxy groups -OCH3 is 2. The lowest BCUT2D eigenvalue weighted by molar-refractivity contribution is 0.355. The molecule has 0 aliphatic rings. The molecule has 0 heterocycles. The molecule has 15 heavy (non-hydrogen) atoms. The first-order chi connectivity index (χ1) is 7.26. The van der Waals surface area contributed by atoms with Crippen LogP contribution in [0.3, 0.4) is 0 Å². The van der Waals surface area contributed by atoms with Crippen molar-refractivity contribution < 1.29 is 9.47 Å². The Morgan fingerprint density at radius 2 is 1.87 bits per heavy atom. The normalized spacial score (nSPS) is 11.3. The van der Waals surface area contributed by atoms with Crippen LogP contribution in [0.2, 0.25) is 0 Å². The molecule has 0 N–H and O–H groups in total. The van der Waals surface area contributed by atoms with Crippen molar-refractivity contribution >= 4 is 5.57 Å². The third kappa shape index (κ3) is 2.52. The van der Waals surface area contributed by atoms with E-state index >= 15 is 0 Å². The Bertz CT molecular complexity index is 354. The molecule has 0 atom stereocenters. The van der Waals surface area contributed by atoms with Gasteiger partial charge in [0.2, 0.25) is 0 Å². The predicted octanol–water partition coefficient (Wildman–Crippen LogP) is 3.52. The topological polar surface area (TPSA) is 18.5 Å². The van der Waals surface area contributed by atoms with Gasteiger partial charge in [0.25, 0.3) is 0 Å². The van der Waals surface area contributed by atoms with Crippen molar-refractivity contribution in [3.63, 3.8) is 0 Å². The average molecular weight is 206 g/mol. The number of hydrogen-bond acceptors (Lipinski definition) is 2. The molecule has 0 fully saturated rings. The fraction of sp³-hybridized carbons (Fsp3) is 0.385. The van der Waals surface area contributed by atoms with Crippen molar-refractivity contribution in [2.24, 2.45) is 0 Å². The van der Waals surface area contributed by atoms with Crippen LogP contribution in [0.15, 0.2) is 24.3 Å². The van der Waals surface area contributed by atoms with E-state index in [1.54, 1.807) is 14.2 Å². The second kappa shape index (κ2) is 5.44. The van der Waals surface area contributed by atoms with Gasteiger partial charge in [0.15, 0.2) is 11.5 Å². The van der Waals surface area contributed by atoms with Crippen LogP contribution < -0.4 is 9.47 Å². The Kier molecular flexibility index (Phi) is 4.22. The number of ether oxygens (including phenoxy) is 2. The molecule has 0 saturated carbocycles. The van der Waals surface area contributed by atoms with Gasteiger partial charge in [-0.1, -0.05) is 19.1 Å². The first kappa shape index (κ1) is 11.6. The summed E-state index contributed by atoms with van der Waals surface area (Å²) in [6, 6.07) is 6.01. The zero-order valence-corrected chi connectivity index (χ0v) is 9.83. The highest BCUT2D eigenvalue weighted by atomic mass is 16.5. The van der Waals surface area contributed by atoms with Gasteiger partial charge in [0.1, 0.15) is 0 Å². The SMILES string of the molecule is CC=C(CC)c1ccc(OC)c(OC)c1. The fourth-order valence-electron chi connectivity index (χ4n) is 1.61. The Hall–Kier alpha value is -1.44. The lowest BCUT2D eigenvalue weighted by Gasteiger charge is -2.10. The summed E-state index contributed by atoms with van der Waals surface area (Å²) in [6.07, 6.45) is 3.15. The maximum atomic E-state index is 5.26. The summed E-state index contributed by atoms with van der Waals surface area (Å²) in [5.74, 6) is 1.55. The first-order valence-corrected chi connectivity index (χ1v) is 5.14. The smallest absolute Gasteiger partial charge is 0.161 e. The van der Waals surface area contributed by atoms with Crippen molar-refractivity contribution in [1.29, 1.82) is 0 Å². The second-order valence-electron chi connectivity index (χ2n) is 3.24. The Labute approximate surface area is 91.5 Å². The zero-order chi connectivity index (χ0) is 11.3. The van der Waals surface area contributed by atoms with Gasteiger partial charge >= 0.3 is 0 Å². The van der Waals surface area contributed by atoms with E-state index < -0.39 is 0 Å². The third-order valence-electron chi connectivity index (χ3n) is 2.48. The molecule has 1 aromatic rings. The molecule has 1 rings (SSSR count). The van der Waals surface area contributed by atoms with Crippen molar-refractivity contribution in [3.05, 3.63) is 29.8 Å². The minimum absolute atomic E-state index is 0.771. The van der Waals surface area contributed by atoms with Gasteiger partial charge in [-0.05, 0) is 36.6 Å². The van der Waals surface area contributed by atoms with E-state index in [9.17, 15) is 0 Å². The highest BCUT2D eigenvalue weighted by Crippen LogP contribution is 2.31.